The fourth-order valence-corrected chi connectivity index (χ4v) is 2.07. The topological polar surface area (TPSA) is 57.6 Å². The van der Waals surface area contributed by atoms with Crippen LogP contribution in [0.2, 0.25) is 0 Å². The smallest absolute Gasteiger partial charge is 0.331 e. The van der Waals surface area contributed by atoms with E-state index in [2.05, 4.69) is 15.9 Å². The van der Waals surface area contributed by atoms with Gasteiger partial charge in [-0.25, -0.2) is 4.79 Å². The van der Waals surface area contributed by atoms with Crippen molar-refractivity contribution < 1.29 is 14.7 Å². The second kappa shape index (κ2) is 6.39. The van der Waals surface area contributed by atoms with E-state index in [9.17, 15) is 14.7 Å². The Kier molecular flexibility index (Phi) is 5.15. The van der Waals surface area contributed by atoms with Gasteiger partial charge in [0, 0.05) is 11.0 Å². The molecule has 0 aromatic heterocycles. The van der Waals surface area contributed by atoms with Gasteiger partial charge in [0.2, 0.25) is 6.41 Å². The van der Waals surface area contributed by atoms with Gasteiger partial charge in [-0.3, -0.25) is 4.79 Å². The highest BCUT2D eigenvalue weighted by molar-refractivity contribution is 9.10. The molecule has 0 saturated heterocycles. The van der Waals surface area contributed by atoms with Crippen molar-refractivity contribution in [1.82, 2.24) is 4.90 Å². The van der Waals surface area contributed by atoms with Crippen LogP contribution < -0.4 is 0 Å². The Hall–Kier alpha value is -1.36. The Morgan fingerprint density at radius 2 is 2.29 bits per heavy atom. The van der Waals surface area contributed by atoms with E-state index in [-0.39, 0.29) is 0 Å². The number of carbonyl (C=O) groups is 2. The molecule has 0 bridgehead atoms. The van der Waals surface area contributed by atoms with Crippen LogP contribution in [0.5, 0.6) is 0 Å². The van der Waals surface area contributed by atoms with Crippen molar-refractivity contribution in [2.45, 2.75) is 19.4 Å². The summed E-state index contributed by atoms with van der Waals surface area (Å²) in [5.74, 6) is -1.02. The standard InChI is InChI=1S/C12H14BrNO3/c1-2-6-14(8-15)11(12(16)17)9-4-3-5-10(13)7-9/h3-5,7-8,11H,2,6H2,1H3,(H,16,17). The van der Waals surface area contributed by atoms with Crippen LogP contribution in [0.1, 0.15) is 24.9 Å². The molecule has 5 heteroatoms. The number of nitrogens with zero attached hydrogens (tertiary/aromatic N) is 1. The summed E-state index contributed by atoms with van der Waals surface area (Å²) >= 11 is 3.29. The average molecular weight is 300 g/mol. The molecule has 0 aliphatic carbocycles. The van der Waals surface area contributed by atoms with Crippen molar-refractivity contribution in [1.29, 1.82) is 0 Å². The zero-order chi connectivity index (χ0) is 12.8. The second-order valence-electron chi connectivity index (χ2n) is 3.64. The maximum absolute atomic E-state index is 11.3. The van der Waals surface area contributed by atoms with E-state index in [4.69, 9.17) is 0 Å². The van der Waals surface area contributed by atoms with E-state index in [1.807, 2.05) is 13.0 Å². The van der Waals surface area contributed by atoms with Crippen LogP contribution in [-0.2, 0) is 9.59 Å². The Morgan fingerprint density at radius 1 is 1.59 bits per heavy atom. The number of hydrogen-bond acceptors (Lipinski definition) is 2. The van der Waals surface area contributed by atoms with Gasteiger partial charge in [0.15, 0.2) is 6.04 Å². The zero-order valence-corrected chi connectivity index (χ0v) is 11.1. The first-order chi connectivity index (χ1) is 8.10. The van der Waals surface area contributed by atoms with Gasteiger partial charge < -0.3 is 10.0 Å². The maximum atomic E-state index is 11.3. The quantitative estimate of drug-likeness (QED) is 0.821. The fraction of sp³-hybridized carbons (Fsp3) is 0.333. The van der Waals surface area contributed by atoms with Gasteiger partial charge in [0.25, 0.3) is 0 Å². The molecule has 4 nitrogen and oxygen atoms in total. The first-order valence-electron chi connectivity index (χ1n) is 5.29. The molecule has 0 heterocycles. The molecule has 92 valence electrons. The van der Waals surface area contributed by atoms with E-state index in [1.54, 1.807) is 18.2 Å². The predicted octanol–water partition coefficient (Wildman–Crippen LogP) is 2.44. The normalized spacial score (nSPS) is 11.9. The van der Waals surface area contributed by atoms with Gasteiger partial charge >= 0.3 is 5.97 Å². The molecule has 1 rings (SSSR count). The van der Waals surface area contributed by atoms with Crippen molar-refractivity contribution in [3.63, 3.8) is 0 Å². The summed E-state index contributed by atoms with van der Waals surface area (Å²) in [5.41, 5.74) is 0.590. The Bertz CT molecular complexity index is 408. The highest BCUT2D eigenvalue weighted by atomic mass is 79.9. The molecule has 0 radical (unpaired) electrons. The van der Waals surface area contributed by atoms with E-state index < -0.39 is 12.0 Å². The summed E-state index contributed by atoms with van der Waals surface area (Å²) in [6, 6.07) is 6.06. The molecule has 1 unspecified atom stereocenters. The molecule has 0 aliphatic heterocycles. The van der Waals surface area contributed by atoms with Crippen LogP contribution in [0, 0.1) is 0 Å². The number of halogens is 1. The predicted molar refractivity (Wildman–Crippen MR) is 67.6 cm³/mol. The van der Waals surface area contributed by atoms with Crippen molar-refractivity contribution in [3.05, 3.63) is 34.3 Å². The number of carboxylic acid groups (broad SMARTS) is 1. The Morgan fingerprint density at radius 3 is 2.76 bits per heavy atom. The van der Waals surface area contributed by atoms with E-state index in [0.29, 0.717) is 18.5 Å². The Labute approximate surface area is 108 Å². The van der Waals surface area contributed by atoms with Crippen molar-refractivity contribution in [2.75, 3.05) is 6.54 Å². The molecule has 0 fully saturated rings. The van der Waals surface area contributed by atoms with Crippen LogP contribution in [-0.4, -0.2) is 28.9 Å². The first-order valence-corrected chi connectivity index (χ1v) is 6.08. The molecule has 1 aromatic carbocycles. The van der Waals surface area contributed by atoms with Crippen molar-refractivity contribution >= 4 is 28.3 Å². The lowest BCUT2D eigenvalue weighted by Crippen LogP contribution is -2.33. The molecule has 0 saturated carbocycles. The largest absolute Gasteiger partial charge is 0.479 e. The maximum Gasteiger partial charge on any atom is 0.331 e. The number of hydrogen-bond donors (Lipinski definition) is 1. The average Bonchev–Trinajstić information content (AvgIpc) is 2.28. The zero-order valence-electron chi connectivity index (χ0n) is 9.47. The molecule has 17 heavy (non-hydrogen) atoms. The van der Waals surface area contributed by atoms with Crippen molar-refractivity contribution in [3.8, 4) is 0 Å². The molecular weight excluding hydrogens is 286 g/mol. The molecule has 0 spiro atoms. The third kappa shape index (κ3) is 3.56. The highest BCUT2D eigenvalue weighted by Crippen LogP contribution is 2.23. The number of benzene rings is 1. The van der Waals surface area contributed by atoms with E-state index in [1.165, 1.54) is 4.90 Å². The minimum Gasteiger partial charge on any atom is -0.479 e. The van der Waals surface area contributed by atoms with Crippen LogP contribution in [0.25, 0.3) is 0 Å². The number of aliphatic carboxylic acids is 1. The minimum absolute atomic E-state index is 0.424. The first kappa shape index (κ1) is 13.7. The van der Waals surface area contributed by atoms with Crippen molar-refractivity contribution in [2.24, 2.45) is 0 Å². The monoisotopic (exact) mass is 299 g/mol. The van der Waals surface area contributed by atoms with Gasteiger partial charge in [0.1, 0.15) is 0 Å². The lowest BCUT2D eigenvalue weighted by atomic mass is 10.1. The summed E-state index contributed by atoms with van der Waals surface area (Å²) in [4.78, 5) is 23.5. The molecular formula is C12H14BrNO3. The summed E-state index contributed by atoms with van der Waals surface area (Å²) in [5, 5.41) is 9.23. The van der Waals surface area contributed by atoms with Gasteiger partial charge in [-0.1, -0.05) is 35.0 Å². The van der Waals surface area contributed by atoms with Gasteiger partial charge in [-0.15, -0.1) is 0 Å². The van der Waals surface area contributed by atoms with Crippen LogP contribution in [0.4, 0.5) is 0 Å². The molecule has 1 N–H and O–H groups in total. The number of amides is 1. The number of carbonyl (C=O) groups excluding carboxylic acids is 1. The number of carboxylic acids is 1. The SMILES string of the molecule is CCCN(C=O)C(C(=O)O)c1cccc(Br)c1. The van der Waals surface area contributed by atoms with E-state index in [0.717, 1.165) is 10.9 Å². The minimum atomic E-state index is -1.02. The van der Waals surface area contributed by atoms with Crippen LogP contribution in [0.15, 0.2) is 28.7 Å². The second-order valence-corrected chi connectivity index (χ2v) is 4.55. The van der Waals surface area contributed by atoms with E-state index >= 15 is 0 Å². The lowest BCUT2D eigenvalue weighted by molar-refractivity contribution is -0.146. The highest BCUT2D eigenvalue weighted by Gasteiger charge is 2.25. The molecule has 1 amide bonds. The summed E-state index contributed by atoms with van der Waals surface area (Å²) in [6.45, 7) is 2.32. The van der Waals surface area contributed by atoms with Crippen LogP contribution >= 0.6 is 15.9 Å². The molecule has 1 atom stereocenters. The summed E-state index contributed by atoms with van der Waals surface area (Å²) in [6.07, 6.45) is 1.31. The lowest BCUT2D eigenvalue weighted by Gasteiger charge is -2.24. The molecule has 1 aromatic rings. The summed E-state index contributed by atoms with van der Waals surface area (Å²) < 4.78 is 0.795. The summed E-state index contributed by atoms with van der Waals surface area (Å²) in [7, 11) is 0. The third-order valence-corrected chi connectivity index (χ3v) is 2.84. The molecule has 0 aliphatic rings. The van der Waals surface area contributed by atoms with Gasteiger partial charge in [0.05, 0.1) is 0 Å². The van der Waals surface area contributed by atoms with Gasteiger partial charge in [-0.2, -0.15) is 0 Å². The van der Waals surface area contributed by atoms with Crippen LogP contribution in [0.3, 0.4) is 0 Å². The number of rotatable bonds is 6. The van der Waals surface area contributed by atoms with Gasteiger partial charge in [-0.05, 0) is 24.1 Å². The Balaban J connectivity index is 3.07. The fourth-order valence-electron chi connectivity index (χ4n) is 1.65. The third-order valence-electron chi connectivity index (χ3n) is 2.35.